The molecule has 1 fully saturated rings. The van der Waals surface area contributed by atoms with E-state index < -0.39 is 0 Å². The van der Waals surface area contributed by atoms with Gasteiger partial charge < -0.3 is 5.32 Å². The summed E-state index contributed by atoms with van der Waals surface area (Å²) in [5, 5.41) is 3.36. The summed E-state index contributed by atoms with van der Waals surface area (Å²) >= 11 is 3.53. The van der Waals surface area contributed by atoms with Gasteiger partial charge in [0.1, 0.15) is 5.65 Å². The molecule has 0 atom stereocenters. The van der Waals surface area contributed by atoms with E-state index in [0.29, 0.717) is 0 Å². The molecule has 90 valence electrons. The monoisotopic (exact) mass is 294 g/mol. The van der Waals surface area contributed by atoms with Crippen LogP contribution in [-0.4, -0.2) is 40.5 Å². The molecule has 0 saturated carbocycles. The Hall–Kier alpha value is -0.910. The number of pyridine rings is 1. The molecule has 1 N–H and O–H groups in total. The molecule has 0 unspecified atom stereocenters. The molecule has 0 aliphatic carbocycles. The minimum absolute atomic E-state index is 0.940. The number of imidazole rings is 1. The lowest BCUT2D eigenvalue weighted by atomic mass is 10.3. The van der Waals surface area contributed by atoms with Gasteiger partial charge in [0.2, 0.25) is 0 Å². The Bertz CT molecular complexity index is 516. The van der Waals surface area contributed by atoms with Crippen molar-refractivity contribution in [1.82, 2.24) is 19.6 Å². The van der Waals surface area contributed by atoms with E-state index in [1.165, 1.54) is 0 Å². The SMILES string of the molecule is Brc1cccc2nc(CN3CCNCC3)cn12. The van der Waals surface area contributed by atoms with Gasteiger partial charge in [0.05, 0.1) is 10.3 Å². The average molecular weight is 295 g/mol. The second kappa shape index (κ2) is 4.76. The number of nitrogens with one attached hydrogen (secondary N) is 1. The topological polar surface area (TPSA) is 32.6 Å². The summed E-state index contributed by atoms with van der Waals surface area (Å²) in [6, 6.07) is 6.08. The summed E-state index contributed by atoms with van der Waals surface area (Å²) < 4.78 is 3.13. The van der Waals surface area contributed by atoms with Crippen LogP contribution in [0, 0.1) is 0 Å². The number of aromatic nitrogens is 2. The van der Waals surface area contributed by atoms with E-state index in [4.69, 9.17) is 0 Å². The Morgan fingerprint density at radius 2 is 2.12 bits per heavy atom. The highest BCUT2D eigenvalue weighted by Crippen LogP contribution is 2.15. The van der Waals surface area contributed by atoms with Crippen molar-refractivity contribution < 1.29 is 0 Å². The number of nitrogens with zero attached hydrogens (tertiary/aromatic N) is 3. The van der Waals surface area contributed by atoms with Crippen molar-refractivity contribution in [2.24, 2.45) is 0 Å². The summed E-state index contributed by atoms with van der Waals surface area (Å²) in [7, 11) is 0. The lowest BCUT2D eigenvalue weighted by Crippen LogP contribution is -2.42. The number of fused-ring (bicyclic) bond motifs is 1. The Morgan fingerprint density at radius 3 is 2.88 bits per heavy atom. The molecular formula is C12H15BrN4. The van der Waals surface area contributed by atoms with Crippen molar-refractivity contribution >= 4 is 21.6 Å². The van der Waals surface area contributed by atoms with Gasteiger partial charge in [0.15, 0.2) is 0 Å². The van der Waals surface area contributed by atoms with E-state index >= 15 is 0 Å². The molecule has 2 aromatic rings. The first-order chi connectivity index (χ1) is 8.33. The molecule has 1 aliphatic rings. The minimum Gasteiger partial charge on any atom is -0.314 e. The fraction of sp³-hybridized carbons (Fsp3) is 0.417. The quantitative estimate of drug-likeness (QED) is 0.852. The van der Waals surface area contributed by atoms with Crippen molar-refractivity contribution in [3.8, 4) is 0 Å². The lowest BCUT2D eigenvalue weighted by molar-refractivity contribution is 0.231. The molecule has 1 aliphatic heterocycles. The van der Waals surface area contributed by atoms with Gasteiger partial charge in [0, 0.05) is 38.9 Å². The number of hydrogen-bond acceptors (Lipinski definition) is 3. The van der Waals surface area contributed by atoms with E-state index in [2.05, 4.69) is 41.7 Å². The van der Waals surface area contributed by atoms with Gasteiger partial charge in [-0.1, -0.05) is 6.07 Å². The van der Waals surface area contributed by atoms with Crippen molar-refractivity contribution in [3.63, 3.8) is 0 Å². The molecular weight excluding hydrogens is 280 g/mol. The van der Waals surface area contributed by atoms with E-state index in [9.17, 15) is 0 Å². The summed E-state index contributed by atoms with van der Waals surface area (Å²) in [6.45, 7) is 5.31. The zero-order valence-corrected chi connectivity index (χ0v) is 11.2. The third kappa shape index (κ3) is 2.36. The van der Waals surface area contributed by atoms with Crippen molar-refractivity contribution in [2.45, 2.75) is 6.54 Å². The van der Waals surface area contributed by atoms with Crippen LogP contribution in [0.4, 0.5) is 0 Å². The van der Waals surface area contributed by atoms with Crippen LogP contribution in [0.15, 0.2) is 29.0 Å². The lowest BCUT2D eigenvalue weighted by Gasteiger charge is -2.26. The maximum Gasteiger partial charge on any atom is 0.137 e. The van der Waals surface area contributed by atoms with Crippen LogP contribution < -0.4 is 5.32 Å². The van der Waals surface area contributed by atoms with E-state index in [0.717, 1.165) is 48.7 Å². The maximum absolute atomic E-state index is 4.64. The number of halogens is 1. The highest BCUT2D eigenvalue weighted by Gasteiger charge is 2.12. The third-order valence-electron chi connectivity index (χ3n) is 3.09. The largest absolute Gasteiger partial charge is 0.314 e. The summed E-state index contributed by atoms with van der Waals surface area (Å²) in [6.07, 6.45) is 2.11. The molecule has 3 heterocycles. The van der Waals surface area contributed by atoms with Gasteiger partial charge in [-0.3, -0.25) is 9.30 Å². The zero-order chi connectivity index (χ0) is 11.7. The summed E-state index contributed by atoms with van der Waals surface area (Å²) in [5.41, 5.74) is 2.14. The molecule has 4 nitrogen and oxygen atoms in total. The molecule has 0 amide bonds. The Balaban J connectivity index is 1.83. The number of hydrogen-bond donors (Lipinski definition) is 1. The van der Waals surface area contributed by atoms with Gasteiger partial charge >= 0.3 is 0 Å². The van der Waals surface area contributed by atoms with Crippen molar-refractivity contribution in [1.29, 1.82) is 0 Å². The minimum atomic E-state index is 0.940. The van der Waals surface area contributed by atoms with Crippen LogP contribution in [0.1, 0.15) is 5.69 Å². The van der Waals surface area contributed by atoms with Gasteiger partial charge in [0.25, 0.3) is 0 Å². The maximum atomic E-state index is 4.64. The first-order valence-corrected chi connectivity index (χ1v) is 6.68. The van der Waals surface area contributed by atoms with Crippen LogP contribution in [0.2, 0.25) is 0 Å². The normalized spacial score (nSPS) is 17.7. The van der Waals surface area contributed by atoms with E-state index in [1.54, 1.807) is 0 Å². The first kappa shape index (κ1) is 11.2. The van der Waals surface area contributed by atoms with Crippen LogP contribution in [0.25, 0.3) is 5.65 Å². The Morgan fingerprint density at radius 1 is 1.29 bits per heavy atom. The number of piperazine rings is 1. The fourth-order valence-electron chi connectivity index (χ4n) is 2.20. The highest BCUT2D eigenvalue weighted by atomic mass is 79.9. The fourth-order valence-corrected chi connectivity index (χ4v) is 2.64. The van der Waals surface area contributed by atoms with Gasteiger partial charge in [-0.05, 0) is 28.1 Å². The Kier molecular flexibility index (Phi) is 3.13. The molecule has 0 bridgehead atoms. The molecule has 3 rings (SSSR count). The van der Waals surface area contributed by atoms with E-state index in [-0.39, 0.29) is 0 Å². The number of rotatable bonds is 2. The van der Waals surface area contributed by atoms with Gasteiger partial charge in [-0.2, -0.15) is 0 Å². The molecule has 2 aromatic heterocycles. The van der Waals surface area contributed by atoms with Crippen LogP contribution >= 0.6 is 15.9 Å². The predicted octanol–water partition coefficient (Wildman–Crippen LogP) is 1.50. The van der Waals surface area contributed by atoms with Crippen molar-refractivity contribution in [2.75, 3.05) is 26.2 Å². The van der Waals surface area contributed by atoms with Crippen LogP contribution in [-0.2, 0) is 6.54 Å². The third-order valence-corrected chi connectivity index (χ3v) is 3.73. The van der Waals surface area contributed by atoms with Gasteiger partial charge in [-0.25, -0.2) is 4.98 Å². The standard InChI is InChI=1S/C12H15BrN4/c13-11-2-1-3-12-15-10(9-17(11)12)8-16-6-4-14-5-7-16/h1-3,9,14H,4-8H2. The predicted molar refractivity (Wildman–Crippen MR) is 71.0 cm³/mol. The van der Waals surface area contributed by atoms with Crippen LogP contribution in [0.5, 0.6) is 0 Å². The molecule has 17 heavy (non-hydrogen) atoms. The van der Waals surface area contributed by atoms with Crippen LogP contribution in [0.3, 0.4) is 0 Å². The molecule has 0 spiro atoms. The molecule has 0 aromatic carbocycles. The zero-order valence-electron chi connectivity index (χ0n) is 9.56. The van der Waals surface area contributed by atoms with Crippen molar-refractivity contribution in [3.05, 3.63) is 34.7 Å². The first-order valence-electron chi connectivity index (χ1n) is 5.88. The smallest absolute Gasteiger partial charge is 0.137 e. The summed E-state index contributed by atoms with van der Waals surface area (Å²) in [5.74, 6) is 0. The average Bonchev–Trinajstić information content (AvgIpc) is 2.74. The highest BCUT2D eigenvalue weighted by molar-refractivity contribution is 9.10. The van der Waals surface area contributed by atoms with Gasteiger partial charge in [-0.15, -0.1) is 0 Å². The second-order valence-electron chi connectivity index (χ2n) is 4.34. The van der Waals surface area contributed by atoms with E-state index in [1.807, 2.05) is 18.2 Å². The second-order valence-corrected chi connectivity index (χ2v) is 5.15. The Labute approximate surface area is 109 Å². The molecule has 5 heteroatoms. The molecule has 1 saturated heterocycles. The molecule has 0 radical (unpaired) electrons. The summed E-state index contributed by atoms with van der Waals surface area (Å²) in [4.78, 5) is 7.08.